The monoisotopic (exact) mass is 280 g/mol. The van der Waals surface area contributed by atoms with Gasteiger partial charge in [0.1, 0.15) is 0 Å². The molecular weight excluding hydrogens is 256 g/mol. The third-order valence-corrected chi connectivity index (χ3v) is 3.05. The van der Waals surface area contributed by atoms with Gasteiger partial charge in [0.2, 0.25) is 0 Å². The normalized spacial score (nSPS) is 11.1. The van der Waals surface area contributed by atoms with Crippen LogP contribution in [0.15, 0.2) is 18.2 Å². The summed E-state index contributed by atoms with van der Waals surface area (Å²) in [7, 11) is 0. The van der Waals surface area contributed by atoms with Gasteiger partial charge in [-0.15, -0.1) is 0 Å². The Morgan fingerprint density at radius 2 is 1.60 bits per heavy atom. The Labute approximate surface area is 121 Å². The molecule has 4 nitrogen and oxygen atoms in total. The van der Waals surface area contributed by atoms with Gasteiger partial charge in [0.15, 0.2) is 11.5 Å². The van der Waals surface area contributed by atoms with E-state index in [1.165, 1.54) is 0 Å². The van der Waals surface area contributed by atoms with E-state index in [1.807, 2.05) is 45.9 Å². The van der Waals surface area contributed by atoms with Crippen molar-refractivity contribution in [3.8, 4) is 11.5 Å². The van der Waals surface area contributed by atoms with Gasteiger partial charge in [-0.1, -0.05) is 6.07 Å². The second kappa shape index (κ2) is 7.17. The van der Waals surface area contributed by atoms with Crippen LogP contribution in [0.2, 0.25) is 0 Å². The molecule has 0 amide bonds. The zero-order chi connectivity index (χ0) is 15.2. The van der Waals surface area contributed by atoms with Gasteiger partial charge in [-0.2, -0.15) is 0 Å². The molecule has 0 saturated carbocycles. The SMILES string of the molecule is CCOC(=O)C(C)(C)c1ccc(OCC)c(OCC)c1. The second-order valence-electron chi connectivity index (χ2n) is 4.87. The van der Waals surface area contributed by atoms with E-state index < -0.39 is 5.41 Å². The number of esters is 1. The van der Waals surface area contributed by atoms with Gasteiger partial charge in [0.05, 0.1) is 25.2 Å². The quantitative estimate of drug-likeness (QED) is 0.719. The molecule has 1 aromatic carbocycles. The molecule has 0 fully saturated rings. The molecule has 0 radical (unpaired) electrons. The smallest absolute Gasteiger partial charge is 0.315 e. The maximum atomic E-state index is 12.1. The van der Waals surface area contributed by atoms with Crippen LogP contribution in [-0.4, -0.2) is 25.8 Å². The third kappa shape index (κ3) is 3.65. The lowest BCUT2D eigenvalue weighted by atomic mass is 9.84. The summed E-state index contributed by atoms with van der Waals surface area (Å²) < 4.78 is 16.2. The summed E-state index contributed by atoms with van der Waals surface area (Å²) in [5.74, 6) is 1.11. The molecule has 0 unspecified atom stereocenters. The van der Waals surface area contributed by atoms with Crippen LogP contribution in [0.1, 0.15) is 40.2 Å². The molecule has 0 heterocycles. The molecule has 0 aliphatic heterocycles. The van der Waals surface area contributed by atoms with Crippen LogP contribution in [0, 0.1) is 0 Å². The van der Waals surface area contributed by atoms with Crippen LogP contribution in [0.4, 0.5) is 0 Å². The largest absolute Gasteiger partial charge is 0.490 e. The minimum absolute atomic E-state index is 0.244. The van der Waals surface area contributed by atoms with Crippen molar-refractivity contribution < 1.29 is 19.0 Å². The lowest BCUT2D eigenvalue weighted by Gasteiger charge is -2.24. The molecule has 0 N–H and O–H groups in total. The molecule has 0 aliphatic rings. The maximum absolute atomic E-state index is 12.1. The molecule has 20 heavy (non-hydrogen) atoms. The summed E-state index contributed by atoms with van der Waals surface area (Å²) in [6, 6.07) is 5.57. The first kappa shape index (κ1) is 16.3. The van der Waals surface area contributed by atoms with Crippen molar-refractivity contribution >= 4 is 5.97 Å². The molecular formula is C16H24O4. The van der Waals surface area contributed by atoms with Gasteiger partial charge < -0.3 is 14.2 Å². The summed E-state index contributed by atoms with van der Waals surface area (Å²) in [6.07, 6.45) is 0. The highest BCUT2D eigenvalue weighted by Crippen LogP contribution is 2.34. The van der Waals surface area contributed by atoms with Crippen molar-refractivity contribution in [1.82, 2.24) is 0 Å². The highest BCUT2D eigenvalue weighted by atomic mass is 16.5. The second-order valence-corrected chi connectivity index (χ2v) is 4.87. The molecule has 0 bridgehead atoms. The van der Waals surface area contributed by atoms with Crippen molar-refractivity contribution in [2.24, 2.45) is 0 Å². The summed E-state index contributed by atoms with van der Waals surface area (Å²) >= 11 is 0. The molecule has 112 valence electrons. The van der Waals surface area contributed by atoms with E-state index in [4.69, 9.17) is 14.2 Å². The van der Waals surface area contributed by atoms with E-state index in [9.17, 15) is 4.79 Å². The van der Waals surface area contributed by atoms with Crippen LogP contribution < -0.4 is 9.47 Å². The summed E-state index contributed by atoms with van der Waals surface area (Å²) in [4.78, 5) is 12.1. The Kier molecular flexibility index (Phi) is 5.86. The molecule has 0 atom stereocenters. The van der Waals surface area contributed by atoms with Crippen LogP contribution in [0.5, 0.6) is 11.5 Å². The highest BCUT2D eigenvalue weighted by Gasteiger charge is 2.32. The number of ether oxygens (including phenoxy) is 3. The molecule has 0 spiro atoms. The van der Waals surface area contributed by atoms with Crippen molar-refractivity contribution in [1.29, 1.82) is 0 Å². The average molecular weight is 280 g/mol. The van der Waals surface area contributed by atoms with E-state index >= 15 is 0 Å². The molecule has 4 heteroatoms. The lowest BCUT2D eigenvalue weighted by molar-refractivity contribution is -0.148. The van der Waals surface area contributed by atoms with Gasteiger partial charge >= 0.3 is 5.97 Å². The first-order valence-electron chi connectivity index (χ1n) is 7.04. The number of carbonyl (C=O) groups is 1. The van der Waals surface area contributed by atoms with Gasteiger partial charge in [-0.3, -0.25) is 4.79 Å². The number of benzene rings is 1. The summed E-state index contributed by atoms with van der Waals surface area (Å²) in [5, 5.41) is 0. The van der Waals surface area contributed by atoms with Gasteiger partial charge in [0.25, 0.3) is 0 Å². The van der Waals surface area contributed by atoms with Crippen molar-refractivity contribution in [3.63, 3.8) is 0 Å². The van der Waals surface area contributed by atoms with Crippen LogP contribution >= 0.6 is 0 Å². The lowest BCUT2D eigenvalue weighted by Crippen LogP contribution is -2.31. The van der Waals surface area contributed by atoms with E-state index in [-0.39, 0.29) is 5.97 Å². The van der Waals surface area contributed by atoms with E-state index in [1.54, 1.807) is 6.92 Å². The van der Waals surface area contributed by atoms with Crippen LogP contribution in [-0.2, 0) is 14.9 Å². The topological polar surface area (TPSA) is 44.8 Å². The Balaban J connectivity index is 3.12. The van der Waals surface area contributed by atoms with E-state index in [0.29, 0.717) is 31.3 Å². The minimum Gasteiger partial charge on any atom is -0.490 e. The first-order chi connectivity index (χ1) is 9.47. The van der Waals surface area contributed by atoms with Gasteiger partial charge in [-0.05, 0) is 52.3 Å². The van der Waals surface area contributed by atoms with Gasteiger partial charge in [0, 0.05) is 0 Å². The van der Waals surface area contributed by atoms with Crippen molar-refractivity contribution in [3.05, 3.63) is 23.8 Å². The molecule has 0 saturated heterocycles. The Hall–Kier alpha value is -1.71. The van der Waals surface area contributed by atoms with E-state index in [0.717, 1.165) is 5.56 Å². The zero-order valence-corrected chi connectivity index (χ0v) is 13.0. The standard InChI is InChI=1S/C16H24O4/c1-6-18-13-10-9-12(11-14(13)19-7-2)16(4,5)15(17)20-8-3/h9-11H,6-8H2,1-5H3. The average Bonchev–Trinajstić information content (AvgIpc) is 2.41. The highest BCUT2D eigenvalue weighted by molar-refractivity contribution is 5.82. The minimum atomic E-state index is -0.716. The molecule has 0 aromatic heterocycles. The molecule has 0 aliphatic carbocycles. The Morgan fingerprint density at radius 3 is 2.15 bits per heavy atom. The fourth-order valence-corrected chi connectivity index (χ4v) is 1.87. The van der Waals surface area contributed by atoms with Gasteiger partial charge in [-0.25, -0.2) is 0 Å². The number of hydrogen-bond donors (Lipinski definition) is 0. The van der Waals surface area contributed by atoms with E-state index in [2.05, 4.69) is 0 Å². The molecule has 1 aromatic rings. The first-order valence-corrected chi connectivity index (χ1v) is 7.04. The predicted molar refractivity (Wildman–Crippen MR) is 78.4 cm³/mol. The fourth-order valence-electron chi connectivity index (χ4n) is 1.87. The van der Waals surface area contributed by atoms with Crippen molar-refractivity contribution in [2.45, 2.75) is 40.0 Å². The van der Waals surface area contributed by atoms with Crippen LogP contribution in [0.25, 0.3) is 0 Å². The summed E-state index contributed by atoms with van der Waals surface area (Å²) in [6.45, 7) is 10.8. The fraction of sp³-hybridized carbons (Fsp3) is 0.562. The van der Waals surface area contributed by atoms with Crippen molar-refractivity contribution in [2.75, 3.05) is 19.8 Å². The Bertz CT molecular complexity index is 452. The third-order valence-electron chi connectivity index (χ3n) is 3.05. The molecule has 1 rings (SSSR count). The summed E-state index contributed by atoms with van der Waals surface area (Å²) in [5.41, 5.74) is 0.134. The zero-order valence-electron chi connectivity index (χ0n) is 13.0. The maximum Gasteiger partial charge on any atom is 0.315 e. The Morgan fingerprint density at radius 1 is 1.00 bits per heavy atom. The number of carbonyl (C=O) groups excluding carboxylic acids is 1. The number of rotatable bonds is 7. The predicted octanol–water partition coefficient (Wildman–Crippen LogP) is 3.32. The number of hydrogen-bond acceptors (Lipinski definition) is 4. The van der Waals surface area contributed by atoms with Crippen LogP contribution in [0.3, 0.4) is 0 Å².